The third-order valence-electron chi connectivity index (χ3n) is 6.67. The summed E-state index contributed by atoms with van der Waals surface area (Å²) in [6.45, 7) is 6.87. The molecule has 3 rings (SSSR count). The Hall–Kier alpha value is -2.41. The Kier molecular flexibility index (Phi) is 12.3. The molecule has 0 aliphatic rings. The van der Waals surface area contributed by atoms with E-state index in [0.717, 1.165) is 10.00 Å². The van der Waals surface area contributed by atoms with Gasteiger partial charge in [0.2, 0.25) is 10.0 Å². The molecule has 242 valence electrons. The highest BCUT2D eigenvalue weighted by Crippen LogP contribution is 2.25. The number of sulfonamides is 1. The van der Waals surface area contributed by atoms with Gasteiger partial charge in [-0.1, -0.05) is 26.8 Å². The Morgan fingerprint density at radius 3 is 2.35 bits per heavy atom. The second kappa shape index (κ2) is 15.0. The fourth-order valence-corrected chi connectivity index (χ4v) is 8.01. The molecular weight excluding hydrogens is 621 g/mol. The molecule has 0 saturated heterocycles. The van der Waals surface area contributed by atoms with Crippen LogP contribution in [0.1, 0.15) is 57.1 Å². The first-order chi connectivity index (χ1) is 20.2. The molecule has 0 aliphatic heterocycles. The van der Waals surface area contributed by atoms with E-state index in [1.54, 1.807) is 11.4 Å². The number of aromatic amines is 1. The summed E-state index contributed by atoms with van der Waals surface area (Å²) < 4.78 is 74.2. The molecule has 0 radical (unpaired) electrons. The van der Waals surface area contributed by atoms with Gasteiger partial charge in [0.1, 0.15) is 15.6 Å². The Balaban J connectivity index is 1.42. The van der Waals surface area contributed by atoms with Gasteiger partial charge in [-0.3, -0.25) is 5.10 Å². The molecule has 3 aromatic rings. The minimum absolute atomic E-state index is 0.00848. The Bertz CT molecular complexity index is 1590. The van der Waals surface area contributed by atoms with Gasteiger partial charge in [0, 0.05) is 49.3 Å². The SMILES string of the molecule is Cc1ccc(OS(=O)NCCCCS(=O)(=O)CCCc2nnc3cc(C(C)(C)C)[nH]n23)cc1S(=O)(=O)N(CCO)CCO. The summed E-state index contributed by atoms with van der Waals surface area (Å²) in [5.74, 6) is 0.734. The van der Waals surface area contributed by atoms with E-state index in [1.807, 2.05) is 6.07 Å². The van der Waals surface area contributed by atoms with Crippen LogP contribution in [0, 0.1) is 6.92 Å². The summed E-state index contributed by atoms with van der Waals surface area (Å²) in [6.07, 6.45) is 1.67. The van der Waals surface area contributed by atoms with Crippen molar-refractivity contribution in [3.63, 3.8) is 0 Å². The van der Waals surface area contributed by atoms with Gasteiger partial charge in [0.15, 0.2) is 11.5 Å². The molecule has 0 saturated carbocycles. The molecule has 0 aliphatic carbocycles. The van der Waals surface area contributed by atoms with Crippen molar-refractivity contribution in [1.82, 2.24) is 28.8 Å². The Labute approximate surface area is 255 Å². The van der Waals surface area contributed by atoms with E-state index in [1.165, 1.54) is 18.2 Å². The van der Waals surface area contributed by atoms with Crippen molar-refractivity contribution in [1.29, 1.82) is 0 Å². The Morgan fingerprint density at radius 1 is 1.02 bits per heavy atom. The number of H-pyrrole nitrogens is 1. The fourth-order valence-electron chi connectivity index (χ4n) is 4.27. The standard InChI is InChI=1S/C26H42N6O8S3/c1-20-9-10-21(18-22(20)43(38,39)31(12-14-33)13-15-34)40-41(35)27-11-5-6-16-42(36,37)17-7-8-24-28-29-25-19-23(26(2,3)4)30-32(24)25/h9-10,18-19,27,30,33-34H,5-8,11-17H2,1-4H3. The van der Waals surface area contributed by atoms with Crippen LogP contribution in [0.3, 0.4) is 0 Å². The number of nitrogens with zero attached hydrogens (tertiary/aromatic N) is 4. The number of sulfone groups is 1. The van der Waals surface area contributed by atoms with E-state index in [4.69, 9.17) is 4.18 Å². The maximum Gasteiger partial charge on any atom is 0.287 e. The number of aromatic nitrogens is 4. The number of benzene rings is 1. The zero-order chi connectivity index (χ0) is 31.8. The smallest absolute Gasteiger partial charge is 0.287 e. The lowest BCUT2D eigenvalue weighted by Crippen LogP contribution is -2.36. The first kappa shape index (κ1) is 35.1. The molecular formula is C26H42N6O8S3. The summed E-state index contributed by atoms with van der Waals surface area (Å²) in [4.78, 5) is -0.0925. The molecule has 14 nitrogen and oxygen atoms in total. The quantitative estimate of drug-likeness (QED) is 0.143. The molecule has 4 N–H and O–H groups in total. The van der Waals surface area contributed by atoms with Crippen LogP contribution in [0.2, 0.25) is 0 Å². The molecule has 43 heavy (non-hydrogen) atoms. The van der Waals surface area contributed by atoms with Gasteiger partial charge in [0.05, 0.1) is 29.6 Å². The topological polar surface area (TPSA) is 196 Å². The van der Waals surface area contributed by atoms with Crippen molar-refractivity contribution in [3.05, 3.63) is 41.3 Å². The van der Waals surface area contributed by atoms with Gasteiger partial charge < -0.3 is 14.4 Å². The predicted octanol–water partition coefficient (Wildman–Crippen LogP) is 1.01. The lowest BCUT2D eigenvalue weighted by molar-refractivity contribution is 0.217. The molecule has 0 spiro atoms. The molecule has 1 atom stereocenters. The van der Waals surface area contributed by atoms with Gasteiger partial charge in [-0.05, 0) is 37.8 Å². The van der Waals surface area contributed by atoms with Gasteiger partial charge in [-0.25, -0.2) is 26.1 Å². The summed E-state index contributed by atoms with van der Waals surface area (Å²) in [5.41, 5.74) is 2.06. The molecule has 1 aromatic carbocycles. The lowest BCUT2D eigenvalue weighted by Gasteiger charge is -2.21. The number of fused-ring (bicyclic) bond motifs is 1. The summed E-state index contributed by atoms with van der Waals surface area (Å²) in [5, 5.41) is 30.0. The summed E-state index contributed by atoms with van der Waals surface area (Å²) in [6, 6.07) is 6.17. The number of aliphatic hydroxyl groups is 2. The number of aliphatic hydroxyl groups excluding tert-OH is 2. The van der Waals surface area contributed by atoms with E-state index in [9.17, 15) is 31.3 Å². The normalized spacial score (nSPS) is 13.7. The molecule has 17 heteroatoms. The number of nitrogens with one attached hydrogen (secondary N) is 2. The maximum atomic E-state index is 13.0. The number of unbranched alkanes of at least 4 members (excludes halogenated alkanes) is 1. The van der Waals surface area contributed by atoms with Crippen LogP contribution in [0.4, 0.5) is 0 Å². The molecule has 0 fully saturated rings. The third kappa shape index (κ3) is 9.79. The van der Waals surface area contributed by atoms with Crippen molar-refractivity contribution >= 4 is 36.8 Å². The van der Waals surface area contributed by atoms with Crippen molar-refractivity contribution in [3.8, 4) is 5.75 Å². The van der Waals surface area contributed by atoms with Crippen molar-refractivity contribution < 1.29 is 35.4 Å². The van der Waals surface area contributed by atoms with Crippen LogP contribution in [0.15, 0.2) is 29.2 Å². The van der Waals surface area contributed by atoms with Crippen LogP contribution in [0.25, 0.3) is 5.65 Å². The van der Waals surface area contributed by atoms with Crippen LogP contribution < -0.4 is 8.91 Å². The largest absolute Gasteiger partial charge is 0.395 e. The first-order valence-electron chi connectivity index (χ1n) is 14.0. The van der Waals surface area contributed by atoms with E-state index in [2.05, 4.69) is 40.8 Å². The summed E-state index contributed by atoms with van der Waals surface area (Å²) >= 11 is -2.00. The highest BCUT2D eigenvalue weighted by Gasteiger charge is 2.26. The van der Waals surface area contributed by atoms with Crippen LogP contribution in [-0.2, 0) is 43.0 Å². The van der Waals surface area contributed by atoms with E-state index in [0.29, 0.717) is 42.7 Å². The first-order valence-corrected chi connectivity index (χ1v) is 18.3. The molecule has 0 bridgehead atoms. The van der Waals surface area contributed by atoms with Gasteiger partial charge in [0.25, 0.3) is 11.3 Å². The zero-order valence-corrected chi connectivity index (χ0v) is 27.4. The van der Waals surface area contributed by atoms with Crippen LogP contribution in [-0.4, -0.2) is 99.7 Å². The minimum atomic E-state index is -4.04. The van der Waals surface area contributed by atoms with E-state index < -0.39 is 44.3 Å². The second-order valence-corrected chi connectivity index (χ2v) is 16.3. The third-order valence-corrected chi connectivity index (χ3v) is 11.3. The van der Waals surface area contributed by atoms with Crippen molar-refractivity contribution in [2.45, 2.75) is 63.7 Å². The number of hydrogen-bond acceptors (Lipinski definition) is 10. The van der Waals surface area contributed by atoms with Gasteiger partial charge >= 0.3 is 0 Å². The molecule has 2 aromatic heterocycles. The van der Waals surface area contributed by atoms with Crippen molar-refractivity contribution in [2.24, 2.45) is 0 Å². The molecule has 2 heterocycles. The average molecular weight is 663 g/mol. The number of hydrogen-bond donors (Lipinski definition) is 4. The predicted molar refractivity (Wildman–Crippen MR) is 163 cm³/mol. The van der Waals surface area contributed by atoms with E-state index in [-0.39, 0.29) is 47.2 Å². The average Bonchev–Trinajstić information content (AvgIpc) is 3.51. The Morgan fingerprint density at radius 2 is 1.70 bits per heavy atom. The maximum absolute atomic E-state index is 13.0. The van der Waals surface area contributed by atoms with Crippen LogP contribution in [0.5, 0.6) is 5.75 Å². The fraction of sp³-hybridized carbons (Fsp3) is 0.615. The second-order valence-electron chi connectivity index (χ2n) is 11.2. The zero-order valence-electron chi connectivity index (χ0n) is 24.9. The number of aryl methyl sites for hydroxylation is 2. The monoisotopic (exact) mass is 662 g/mol. The molecule has 0 amide bonds. The highest BCUT2D eigenvalue weighted by atomic mass is 32.2. The summed E-state index contributed by atoms with van der Waals surface area (Å²) in [7, 11) is -7.33. The van der Waals surface area contributed by atoms with Crippen LogP contribution >= 0.6 is 0 Å². The van der Waals surface area contributed by atoms with E-state index >= 15 is 0 Å². The minimum Gasteiger partial charge on any atom is -0.395 e. The van der Waals surface area contributed by atoms with Gasteiger partial charge in [-0.15, -0.1) is 10.2 Å². The highest BCUT2D eigenvalue weighted by molar-refractivity contribution is 7.91. The lowest BCUT2D eigenvalue weighted by atomic mass is 9.93. The number of rotatable bonds is 18. The van der Waals surface area contributed by atoms with Gasteiger partial charge in [-0.2, -0.15) is 8.51 Å². The molecule has 1 unspecified atom stereocenters. The van der Waals surface area contributed by atoms with Crippen molar-refractivity contribution in [2.75, 3.05) is 44.4 Å².